The molecule has 0 fully saturated rings. The molecule has 0 amide bonds. The van der Waals surface area contributed by atoms with Gasteiger partial charge in [0.25, 0.3) is 0 Å². The lowest BCUT2D eigenvalue weighted by molar-refractivity contribution is -0.138. The van der Waals surface area contributed by atoms with Crippen LogP contribution in [0.15, 0.2) is 36.4 Å². The highest BCUT2D eigenvalue weighted by atomic mass is 79.9. The highest BCUT2D eigenvalue weighted by Gasteiger charge is 2.33. The number of halogens is 4. The second-order valence-electron chi connectivity index (χ2n) is 4.75. The molecule has 0 aliphatic heterocycles. The minimum Gasteiger partial charge on any atom is -0.457 e. The molecule has 0 bridgehead atoms. The molecule has 0 saturated carbocycles. The molecular weight excluding hydrogens is 345 g/mol. The minimum atomic E-state index is -4.40. The molecule has 0 aliphatic carbocycles. The summed E-state index contributed by atoms with van der Waals surface area (Å²) in [6.07, 6.45) is -4.40. The molecule has 2 aromatic carbocycles. The first kappa shape index (κ1) is 15.9. The van der Waals surface area contributed by atoms with Crippen molar-refractivity contribution < 1.29 is 17.9 Å². The van der Waals surface area contributed by atoms with Gasteiger partial charge < -0.3 is 4.74 Å². The zero-order valence-corrected chi connectivity index (χ0v) is 13.2. The third kappa shape index (κ3) is 3.59. The largest absolute Gasteiger partial charge is 0.457 e. The van der Waals surface area contributed by atoms with Gasteiger partial charge in [0.1, 0.15) is 11.5 Å². The van der Waals surface area contributed by atoms with E-state index in [1.165, 1.54) is 6.07 Å². The molecular formula is C16H14BrF3O. The van der Waals surface area contributed by atoms with Crippen LogP contribution in [0, 0.1) is 13.8 Å². The van der Waals surface area contributed by atoms with Gasteiger partial charge >= 0.3 is 6.18 Å². The normalized spacial score (nSPS) is 11.5. The molecule has 0 aromatic heterocycles. The Kier molecular flexibility index (Phi) is 4.61. The van der Waals surface area contributed by atoms with E-state index < -0.39 is 11.7 Å². The van der Waals surface area contributed by atoms with Gasteiger partial charge in [0.2, 0.25) is 0 Å². The van der Waals surface area contributed by atoms with Crippen LogP contribution < -0.4 is 4.74 Å². The van der Waals surface area contributed by atoms with Crippen LogP contribution >= 0.6 is 15.9 Å². The summed E-state index contributed by atoms with van der Waals surface area (Å²) in [7, 11) is 0. The number of alkyl halides is 4. The minimum absolute atomic E-state index is 0.144. The predicted molar refractivity (Wildman–Crippen MR) is 80.1 cm³/mol. The molecule has 0 atom stereocenters. The fourth-order valence-corrected chi connectivity index (χ4v) is 2.45. The second kappa shape index (κ2) is 6.10. The number of aryl methyl sites for hydroxylation is 1. The Morgan fingerprint density at radius 3 is 2.43 bits per heavy atom. The van der Waals surface area contributed by atoms with E-state index in [1.807, 2.05) is 26.0 Å². The smallest absolute Gasteiger partial charge is 0.416 e. The van der Waals surface area contributed by atoms with E-state index in [-0.39, 0.29) is 16.6 Å². The van der Waals surface area contributed by atoms with Crippen LogP contribution in [0.4, 0.5) is 13.2 Å². The van der Waals surface area contributed by atoms with Crippen molar-refractivity contribution >= 4 is 15.9 Å². The highest BCUT2D eigenvalue weighted by Crippen LogP contribution is 2.37. The first-order valence-corrected chi connectivity index (χ1v) is 7.45. The van der Waals surface area contributed by atoms with Crippen molar-refractivity contribution in [1.82, 2.24) is 0 Å². The maximum absolute atomic E-state index is 13.0. The van der Waals surface area contributed by atoms with E-state index in [0.717, 1.165) is 17.2 Å². The molecule has 5 heteroatoms. The number of hydrogen-bond acceptors (Lipinski definition) is 1. The van der Waals surface area contributed by atoms with Gasteiger partial charge in [-0.3, -0.25) is 0 Å². The van der Waals surface area contributed by atoms with E-state index in [4.69, 9.17) is 4.74 Å². The molecule has 0 heterocycles. The van der Waals surface area contributed by atoms with E-state index in [1.54, 1.807) is 12.1 Å². The standard InChI is InChI=1S/C16H14BrF3O/c1-10-4-3-5-15(11(10)2)21-13-7-6-12(9-17)14(8-13)16(18,19)20/h3-8H,9H2,1-2H3. The van der Waals surface area contributed by atoms with Crippen molar-refractivity contribution in [3.8, 4) is 11.5 Å². The molecule has 2 aromatic rings. The van der Waals surface area contributed by atoms with E-state index >= 15 is 0 Å². The maximum Gasteiger partial charge on any atom is 0.416 e. The van der Waals surface area contributed by atoms with Crippen molar-refractivity contribution in [2.75, 3.05) is 0 Å². The molecule has 0 aliphatic rings. The topological polar surface area (TPSA) is 9.23 Å². The zero-order chi connectivity index (χ0) is 15.6. The van der Waals surface area contributed by atoms with Crippen LogP contribution in [0.1, 0.15) is 22.3 Å². The van der Waals surface area contributed by atoms with Gasteiger partial charge in [-0.05, 0) is 48.7 Å². The Balaban J connectivity index is 2.40. The Morgan fingerprint density at radius 1 is 1.10 bits per heavy atom. The summed E-state index contributed by atoms with van der Waals surface area (Å²) in [5.41, 5.74) is 1.45. The summed E-state index contributed by atoms with van der Waals surface area (Å²) >= 11 is 3.07. The number of benzene rings is 2. The molecule has 112 valence electrons. The third-order valence-corrected chi connectivity index (χ3v) is 3.92. The van der Waals surface area contributed by atoms with Crippen molar-refractivity contribution in [2.45, 2.75) is 25.4 Å². The van der Waals surface area contributed by atoms with Gasteiger partial charge in [0.15, 0.2) is 0 Å². The predicted octanol–water partition coefficient (Wildman–Crippen LogP) is 6.01. The Morgan fingerprint density at radius 2 is 1.81 bits per heavy atom. The van der Waals surface area contributed by atoms with Crippen LogP contribution in [-0.2, 0) is 11.5 Å². The van der Waals surface area contributed by atoms with Crippen LogP contribution in [-0.4, -0.2) is 0 Å². The number of hydrogen-bond donors (Lipinski definition) is 0. The van der Waals surface area contributed by atoms with Gasteiger partial charge in [-0.25, -0.2) is 0 Å². The first-order chi connectivity index (χ1) is 9.82. The van der Waals surface area contributed by atoms with Crippen LogP contribution in [0.5, 0.6) is 11.5 Å². The Bertz CT molecular complexity index is 650. The van der Waals surface area contributed by atoms with E-state index in [2.05, 4.69) is 15.9 Å². The van der Waals surface area contributed by atoms with Gasteiger partial charge in [-0.1, -0.05) is 34.1 Å². The second-order valence-corrected chi connectivity index (χ2v) is 5.31. The quantitative estimate of drug-likeness (QED) is 0.610. The van der Waals surface area contributed by atoms with Crippen molar-refractivity contribution in [2.24, 2.45) is 0 Å². The Hall–Kier alpha value is -1.49. The van der Waals surface area contributed by atoms with Crippen LogP contribution in [0.2, 0.25) is 0 Å². The fourth-order valence-electron chi connectivity index (χ4n) is 1.96. The lowest BCUT2D eigenvalue weighted by atomic mass is 10.1. The summed E-state index contributed by atoms with van der Waals surface area (Å²) in [5, 5.41) is 0.144. The van der Waals surface area contributed by atoms with Gasteiger partial charge in [-0.2, -0.15) is 13.2 Å². The number of rotatable bonds is 3. The summed E-state index contributed by atoms with van der Waals surface area (Å²) in [4.78, 5) is 0. The van der Waals surface area contributed by atoms with E-state index in [0.29, 0.717) is 5.75 Å². The van der Waals surface area contributed by atoms with Crippen molar-refractivity contribution in [3.63, 3.8) is 0 Å². The molecule has 1 nitrogen and oxygen atoms in total. The third-order valence-electron chi connectivity index (χ3n) is 3.31. The number of ether oxygens (including phenoxy) is 1. The Labute approximate surface area is 129 Å². The summed E-state index contributed by atoms with van der Waals surface area (Å²) in [6.45, 7) is 3.81. The van der Waals surface area contributed by atoms with Gasteiger partial charge in [0.05, 0.1) is 5.56 Å². The molecule has 0 radical (unpaired) electrons. The summed E-state index contributed by atoms with van der Waals surface area (Å²) in [5.74, 6) is 0.746. The molecule has 0 N–H and O–H groups in total. The highest BCUT2D eigenvalue weighted by molar-refractivity contribution is 9.08. The van der Waals surface area contributed by atoms with Crippen molar-refractivity contribution in [3.05, 3.63) is 58.7 Å². The molecule has 0 saturated heterocycles. The van der Waals surface area contributed by atoms with Crippen LogP contribution in [0.3, 0.4) is 0 Å². The monoisotopic (exact) mass is 358 g/mol. The zero-order valence-electron chi connectivity index (χ0n) is 11.6. The molecule has 0 unspecified atom stereocenters. The van der Waals surface area contributed by atoms with Gasteiger partial charge in [0, 0.05) is 5.33 Å². The fraction of sp³-hybridized carbons (Fsp3) is 0.250. The van der Waals surface area contributed by atoms with Gasteiger partial charge in [-0.15, -0.1) is 0 Å². The molecule has 2 rings (SSSR count). The average Bonchev–Trinajstić information content (AvgIpc) is 2.43. The first-order valence-electron chi connectivity index (χ1n) is 6.33. The van der Waals surface area contributed by atoms with Crippen LogP contribution in [0.25, 0.3) is 0 Å². The molecule has 21 heavy (non-hydrogen) atoms. The molecule has 0 spiro atoms. The summed E-state index contributed by atoms with van der Waals surface area (Å²) < 4.78 is 44.7. The lowest BCUT2D eigenvalue weighted by Crippen LogP contribution is -2.08. The maximum atomic E-state index is 13.0. The SMILES string of the molecule is Cc1cccc(Oc2ccc(CBr)c(C(F)(F)F)c2)c1C. The average molecular weight is 359 g/mol. The summed E-state index contributed by atoms with van der Waals surface area (Å²) in [6, 6.07) is 9.50. The van der Waals surface area contributed by atoms with E-state index in [9.17, 15) is 13.2 Å². The van der Waals surface area contributed by atoms with Crippen molar-refractivity contribution in [1.29, 1.82) is 0 Å². The lowest BCUT2D eigenvalue weighted by Gasteiger charge is -2.15.